The van der Waals surface area contributed by atoms with Gasteiger partial charge in [-0.1, -0.05) is 24.3 Å². The Morgan fingerprint density at radius 2 is 1.88 bits per heavy atom. The van der Waals surface area contributed by atoms with Gasteiger partial charge in [0.1, 0.15) is 5.75 Å². The van der Waals surface area contributed by atoms with Crippen LogP contribution in [0.2, 0.25) is 0 Å². The molecule has 0 aliphatic carbocycles. The zero-order chi connectivity index (χ0) is 12.1. The maximum atomic E-state index is 9.84. The number of benzene rings is 2. The van der Waals surface area contributed by atoms with Gasteiger partial charge in [-0.3, -0.25) is 5.04 Å². The van der Waals surface area contributed by atoms with Gasteiger partial charge in [0, 0.05) is 15.7 Å². The average Bonchev–Trinajstić information content (AvgIpc) is 2.38. The van der Waals surface area contributed by atoms with Gasteiger partial charge in [-0.25, -0.2) is 0 Å². The third kappa shape index (κ3) is 2.70. The highest BCUT2D eigenvalue weighted by molar-refractivity contribution is 7.94. The summed E-state index contributed by atoms with van der Waals surface area (Å²) in [7, 11) is 0. The fourth-order valence-electron chi connectivity index (χ4n) is 1.65. The summed E-state index contributed by atoms with van der Waals surface area (Å²) >= 11 is 0.886. The van der Waals surface area contributed by atoms with E-state index in [-0.39, 0.29) is 0 Å². The van der Waals surface area contributed by atoms with Gasteiger partial charge in [-0.05, 0) is 19.1 Å². The fraction of sp³-hybridized carbons (Fsp3) is 0.167. The standard InChI is InChI=1S/C12H12O4S/c1-2-14-11-7-8-12(17-16-15-13)10-6-4-3-5-9(10)11/h3-8,13H,2H2,1H3/p-1. The number of hydrogen-bond acceptors (Lipinski definition) is 5. The Morgan fingerprint density at radius 3 is 2.59 bits per heavy atom. The molecular weight excluding hydrogens is 240 g/mol. The molecule has 0 amide bonds. The van der Waals surface area contributed by atoms with E-state index in [0.29, 0.717) is 6.61 Å². The van der Waals surface area contributed by atoms with Crippen molar-refractivity contribution in [2.45, 2.75) is 11.8 Å². The van der Waals surface area contributed by atoms with Crippen LogP contribution in [0, 0.1) is 0 Å². The molecule has 17 heavy (non-hydrogen) atoms. The van der Waals surface area contributed by atoms with Crippen LogP contribution in [0.25, 0.3) is 10.8 Å². The van der Waals surface area contributed by atoms with Crippen molar-refractivity contribution in [1.29, 1.82) is 0 Å². The predicted octanol–water partition coefficient (Wildman–Crippen LogP) is 2.47. The molecule has 4 nitrogen and oxygen atoms in total. The van der Waals surface area contributed by atoms with Crippen LogP contribution in [0.4, 0.5) is 0 Å². The quantitative estimate of drug-likeness (QED) is 0.464. The van der Waals surface area contributed by atoms with Gasteiger partial charge in [0.25, 0.3) is 0 Å². The Hall–Kier alpha value is -1.27. The van der Waals surface area contributed by atoms with Crippen LogP contribution in [0.5, 0.6) is 5.75 Å². The maximum absolute atomic E-state index is 9.84. The minimum atomic E-state index is 0.608. The molecule has 0 N–H and O–H groups in total. The van der Waals surface area contributed by atoms with Gasteiger partial charge in [0.05, 0.1) is 18.6 Å². The van der Waals surface area contributed by atoms with Crippen molar-refractivity contribution < 1.29 is 19.4 Å². The van der Waals surface area contributed by atoms with E-state index in [2.05, 4.69) is 9.37 Å². The summed E-state index contributed by atoms with van der Waals surface area (Å²) < 4.78 is 9.88. The summed E-state index contributed by atoms with van der Waals surface area (Å²) in [6.45, 7) is 2.54. The molecule has 0 aliphatic heterocycles. The number of hydrogen-bond donors (Lipinski definition) is 0. The summed E-state index contributed by atoms with van der Waals surface area (Å²) in [5.41, 5.74) is 0. The zero-order valence-electron chi connectivity index (χ0n) is 9.21. The van der Waals surface area contributed by atoms with Crippen molar-refractivity contribution in [3.8, 4) is 5.75 Å². The van der Waals surface area contributed by atoms with Crippen LogP contribution < -0.4 is 9.99 Å². The first-order valence-corrected chi connectivity index (χ1v) is 5.88. The molecule has 0 bridgehead atoms. The highest BCUT2D eigenvalue weighted by Crippen LogP contribution is 2.34. The van der Waals surface area contributed by atoms with Crippen LogP contribution in [-0.4, -0.2) is 6.61 Å². The number of rotatable bonds is 5. The molecule has 0 fully saturated rings. The van der Waals surface area contributed by atoms with E-state index in [4.69, 9.17) is 4.74 Å². The molecule has 0 atom stereocenters. The van der Waals surface area contributed by atoms with Crippen molar-refractivity contribution in [3.05, 3.63) is 36.4 Å². The van der Waals surface area contributed by atoms with Gasteiger partial charge < -0.3 is 9.99 Å². The van der Waals surface area contributed by atoms with Crippen molar-refractivity contribution in [2.24, 2.45) is 0 Å². The van der Waals surface area contributed by atoms with E-state index < -0.39 is 0 Å². The first-order valence-electron chi connectivity index (χ1n) is 5.14. The summed E-state index contributed by atoms with van der Waals surface area (Å²) in [5.74, 6) is 0.815. The molecule has 5 heteroatoms. The van der Waals surface area contributed by atoms with Crippen LogP contribution in [0.15, 0.2) is 41.3 Å². The van der Waals surface area contributed by atoms with Crippen molar-refractivity contribution >= 4 is 22.8 Å². The molecular formula is C12H11O4S-. The summed E-state index contributed by atoms with van der Waals surface area (Å²) in [5, 5.41) is 15.1. The third-order valence-electron chi connectivity index (χ3n) is 2.30. The third-order valence-corrected chi connectivity index (χ3v) is 2.95. The number of ether oxygens (including phenoxy) is 1. The molecule has 0 heterocycles. The molecule has 0 radical (unpaired) electrons. The Kier molecular flexibility index (Phi) is 4.22. The molecule has 0 aliphatic rings. The summed E-state index contributed by atoms with van der Waals surface area (Å²) in [6, 6.07) is 11.4. The van der Waals surface area contributed by atoms with Gasteiger partial charge >= 0.3 is 0 Å². The van der Waals surface area contributed by atoms with E-state index in [1.807, 2.05) is 43.3 Å². The maximum Gasteiger partial charge on any atom is 0.127 e. The number of fused-ring (bicyclic) bond motifs is 1. The van der Waals surface area contributed by atoms with Gasteiger partial charge in [-0.2, -0.15) is 4.33 Å². The van der Waals surface area contributed by atoms with E-state index in [1.54, 1.807) is 0 Å². The summed E-state index contributed by atoms with van der Waals surface area (Å²) in [6.07, 6.45) is 0. The molecule has 2 aromatic carbocycles. The Bertz CT molecular complexity index is 501. The second-order valence-electron chi connectivity index (χ2n) is 3.26. The molecule has 2 rings (SSSR count). The van der Waals surface area contributed by atoms with E-state index >= 15 is 0 Å². The lowest BCUT2D eigenvalue weighted by Crippen LogP contribution is -2.01. The Labute approximate surface area is 103 Å². The fourth-order valence-corrected chi connectivity index (χ4v) is 2.14. The van der Waals surface area contributed by atoms with Crippen LogP contribution in [0.1, 0.15) is 6.92 Å². The van der Waals surface area contributed by atoms with Gasteiger partial charge in [0.15, 0.2) is 0 Å². The SMILES string of the molecule is CCOc1ccc(SOO[O-])c2ccccc12. The average molecular weight is 251 g/mol. The second kappa shape index (κ2) is 5.88. The smallest absolute Gasteiger partial charge is 0.127 e. The molecule has 0 spiro atoms. The van der Waals surface area contributed by atoms with Crippen LogP contribution in [-0.2, 0) is 9.37 Å². The normalized spacial score (nSPS) is 10.7. The summed E-state index contributed by atoms with van der Waals surface area (Å²) in [4.78, 5) is 0.805. The van der Waals surface area contributed by atoms with Crippen LogP contribution in [0.3, 0.4) is 0 Å². The molecule has 0 saturated heterocycles. The Balaban J connectivity index is 2.46. The molecule has 0 saturated carbocycles. The molecule has 90 valence electrons. The van der Waals surface area contributed by atoms with Gasteiger partial charge in [-0.15, -0.1) is 0 Å². The van der Waals surface area contributed by atoms with E-state index in [9.17, 15) is 5.26 Å². The highest BCUT2D eigenvalue weighted by atomic mass is 32.2. The van der Waals surface area contributed by atoms with Crippen LogP contribution >= 0.6 is 12.0 Å². The van der Waals surface area contributed by atoms with Crippen molar-refractivity contribution in [1.82, 2.24) is 0 Å². The minimum absolute atomic E-state index is 0.608. The minimum Gasteiger partial charge on any atom is -0.691 e. The van der Waals surface area contributed by atoms with Gasteiger partial charge in [0.2, 0.25) is 0 Å². The molecule has 0 unspecified atom stereocenters. The zero-order valence-corrected chi connectivity index (χ0v) is 10.0. The largest absolute Gasteiger partial charge is 0.691 e. The first-order chi connectivity index (χ1) is 8.36. The van der Waals surface area contributed by atoms with E-state index in [0.717, 1.165) is 33.5 Å². The van der Waals surface area contributed by atoms with Crippen molar-refractivity contribution in [2.75, 3.05) is 6.61 Å². The highest BCUT2D eigenvalue weighted by Gasteiger charge is 2.07. The monoisotopic (exact) mass is 251 g/mol. The Morgan fingerprint density at radius 1 is 1.12 bits per heavy atom. The first kappa shape index (κ1) is 12.2. The molecule has 0 aromatic heterocycles. The lowest BCUT2D eigenvalue weighted by molar-refractivity contribution is -0.777. The predicted molar refractivity (Wildman–Crippen MR) is 63.1 cm³/mol. The molecule has 2 aromatic rings. The second-order valence-corrected chi connectivity index (χ2v) is 4.00. The topological polar surface area (TPSA) is 50.8 Å². The van der Waals surface area contributed by atoms with Crippen molar-refractivity contribution in [3.63, 3.8) is 0 Å². The lowest BCUT2D eigenvalue weighted by atomic mass is 10.1. The van der Waals surface area contributed by atoms with E-state index in [1.165, 1.54) is 0 Å². The lowest BCUT2D eigenvalue weighted by Gasteiger charge is -2.11.